The minimum Gasteiger partial charge on any atom is -0.493 e. The van der Waals surface area contributed by atoms with Crippen LogP contribution in [0.25, 0.3) is 4.85 Å². The maximum Gasteiger partial charge on any atom is 0.407 e. The zero-order valence-corrected chi connectivity index (χ0v) is 19.6. The summed E-state index contributed by atoms with van der Waals surface area (Å²) in [7, 11) is 0. The van der Waals surface area contributed by atoms with Gasteiger partial charge in [-0.3, -0.25) is 4.90 Å². The van der Waals surface area contributed by atoms with Crippen molar-refractivity contribution in [3.63, 3.8) is 0 Å². The zero-order chi connectivity index (χ0) is 24.9. The van der Waals surface area contributed by atoms with Crippen LogP contribution >= 0.6 is 0 Å². The first-order valence-corrected chi connectivity index (χ1v) is 11.8. The number of rotatable bonds is 7. The number of benzene rings is 2. The van der Waals surface area contributed by atoms with Gasteiger partial charge in [-0.05, 0) is 42.7 Å². The van der Waals surface area contributed by atoms with Gasteiger partial charge in [-0.2, -0.15) is 13.2 Å². The summed E-state index contributed by atoms with van der Waals surface area (Å²) in [4.78, 5) is 7.16. The highest BCUT2D eigenvalue weighted by atomic mass is 19.4. The second-order valence-electron chi connectivity index (χ2n) is 9.15. The molecule has 35 heavy (non-hydrogen) atoms. The lowest BCUT2D eigenvalue weighted by Gasteiger charge is -2.39. The monoisotopic (exact) mass is 489 g/mol. The van der Waals surface area contributed by atoms with Crippen molar-refractivity contribution in [2.24, 2.45) is 0 Å². The van der Waals surface area contributed by atoms with Crippen LogP contribution in [0.1, 0.15) is 30.4 Å². The minimum atomic E-state index is -4.58. The molecule has 0 radical (unpaired) electrons. The molecule has 0 amide bonds. The Kier molecular flexibility index (Phi) is 7.85. The van der Waals surface area contributed by atoms with Crippen LogP contribution in [0.5, 0.6) is 5.75 Å². The number of hydrogen-bond donors (Lipinski definition) is 1. The molecule has 2 aliphatic heterocycles. The molecule has 188 valence electrons. The van der Waals surface area contributed by atoms with Crippen molar-refractivity contribution in [1.82, 2.24) is 4.90 Å². The number of nitrogens with zero attached hydrogens (tertiary/aromatic N) is 3. The van der Waals surface area contributed by atoms with E-state index in [4.69, 9.17) is 16.0 Å². The number of morpholine rings is 1. The van der Waals surface area contributed by atoms with Crippen molar-refractivity contribution in [3.05, 3.63) is 65.0 Å². The quantitative estimate of drug-likeness (QED) is 0.562. The molecular formula is C26H30F3N3O3. The zero-order valence-electron chi connectivity index (χ0n) is 19.6. The number of aliphatic hydroxyl groups is 1. The first-order valence-electron chi connectivity index (χ1n) is 11.8. The second-order valence-corrected chi connectivity index (χ2v) is 9.15. The van der Waals surface area contributed by atoms with E-state index < -0.39 is 23.0 Å². The van der Waals surface area contributed by atoms with E-state index in [2.05, 4.69) is 9.74 Å². The third kappa shape index (κ3) is 6.66. The summed E-state index contributed by atoms with van der Waals surface area (Å²) in [5.74, 6) is 0.747. The first kappa shape index (κ1) is 25.3. The Balaban J connectivity index is 1.25. The fourth-order valence-electron chi connectivity index (χ4n) is 4.54. The van der Waals surface area contributed by atoms with Crippen molar-refractivity contribution in [1.29, 1.82) is 0 Å². The SMILES string of the molecule is [C-]#[N+]c1ccc(N2CCC(O)(CCOc3ccc(CN4CCOCC4)cc3)CC2)cc1C(F)(F)F. The molecule has 2 aliphatic rings. The average Bonchev–Trinajstić information content (AvgIpc) is 2.85. The maximum absolute atomic E-state index is 13.3. The van der Waals surface area contributed by atoms with Gasteiger partial charge in [0, 0.05) is 44.8 Å². The van der Waals surface area contributed by atoms with Crippen LogP contribution in [0, 0.1) is 6.57 Å². The molecule has 2 aromatic rings. The van der Waals surface area contributed by atoms with Gasteiger partial charge in [0.15, 0.2) is 5.69 Å². The fraction of sp³-hybridized carbons (Fsp3) is 0.500. The molecule has 0 saturated carbocycles. The minimum absolute atomic E-state index is 0.358. The van der Waals surface area contributed by atoms with E-state index in [1.54, 1.807) is 6.07 Å². The summed E-state index contributed by atoms with van der Waals surface area (Å²) in [5.41, 5.74) is -0.615. The highest BCUT2D eigenvalue weighted by Crippen LogP contribution is 2.39. The van der Waals surface area contributed by atoms with Crippen LogP contribution in [-0.4, -0.2) is 61.6 Å². The van der Waals surface area contributed by atoms with Gasteiger partial charge in [-0.25, -0.2) is 4.85 Å². The molecule has 6 nitrogen and oxygen atoms in total. The van der Waals surface area contributed by atoms with Crippen molar-refractivity contribution >= 4 is 11.4 Å². The number of ether oxygens (including phenoxy) is 2. The highest BCUT2D eigenvalue weighted by molar-refractivity contribution is 5.62. The molecule has 2 heterocycles. The molecule has 9 heteroatoms. The molecule has 4 rings (SSSR count). The van der Waals surface area contributed by atoms with Gasteiger partial charge in [0.1, 0.15) is 5.75 Å². The van der Waals surface area contributed by atoms with Gasteiger partial charge < -0.3 is 19.5 Å². The Morgan fingerprint density at radius 3 is 2.34 bits per heavy atom. The lowest BCUT2D eigenvalue weighted by molar-refractivity contribution is -0.136. The lowest BCUT2D eigenvalue weighted by Crippen LogP contribution is -2.45. The van der Waals surface area contributed by atoms with Crippen molar-refractivity contribution in [2.75, 3.05) is 50.9 Å². The van der Waals surface area contributed by atoms with Crippen LogP contribution in [0.3, 0.4) is 0 Å². The predicted octanol–water partition coefficient (Wildman–Crippen LogP) is 4.89. The van der Waals surface area contributed by atoms with Crippen LogP contribution in [-0.2, 0) is 17.5 Å². The summed E-state index contributed by atoms with van der Waals surface area (Å²) in [6.45, 7) is 12.5. The van der Waals surface area contributed by atoms with E-state index in [1.165, 1.54) is 11.6 Å². The van der Waals surface area contributed by atoms with E-state index in [1.807, 2.05) is 29.2 Å². The van der Waals surface area contributed by atoms with E-state index in [9.17, 15) is 18.3 Å². The van der Waals surface area contributed by atoms with Crippen LogP contribution in [0.15, 0.2) is 42.5 Å². The summed E-state index contributed by atoms with van der Waals surface area (Å²) in [6, 6.07) is 11.8. The molecule has 2 fully saturated rings. The summed E-state index contributed by atoms with van der Waals surface area (Å²) in [6.07, 6.45) is -3.27. The topological polar surface area (TPSA) is 49.5 Å². The number of anilines is 1. The number of piperidine rings is 1. The molecule has 2 saturated heterocycles. The maximum atomic E-state index is 13.3. The number of halogens is 3. The van der Waals surface area contributed by atoms with E-state index in [0.29, 0.717) is 44.6 Å². The van der Waals surface area contributed by atoms with Gasteiger partial charge in [0.05, 0.1) is 37.6 Å². The van der Waals surface area contributed by atoms with Crippen LogP contribution in [0.4, 0.5) is 24.5 Å². The molecule has 0 unspecified atom stereocenters. The van der Waals surface area contributed by atoms with Gasteiger partial charge >= 0.3 is 6.18 Å². The normalized spacial score (nSPS) is 18.8. The Hall–Kier alpha value is -2.80. The molecular weight excluding hydrogens is 459 g/mol. The molecule has 0 atom stereocenters. The van der Waals surface area contributed by atoms with Crippen LogP contribution < -0.4 is 9.64 Å². The second kappa shape index (κ2) is 10.9. The van der Waals surface area contributed by atoms with Crippen molar-refractivity contribution in [3.8, 4) is 5.75 Å². The predicted molar refractivity (Wildman–Crippen MR) is 127 cm³/mol. The van der Waals surface area contributed by atoms with Gasteiger partial charge in [0.25, 0.3) is 0 Å². The first-order chi connectivity index (χ1) is 16.8. The largest absolute Gasteiger partial charge is 0.493 e. The van der Waals surface area contributed by atoms with Crippen molar-refractivity contribution in [2.45, 2.75) is 37.6 Å². The summed E-state index contributed by atoms with van der Waals surface area (Å²) in [5, 5.41) is 11.0. The van der Waals surface area contributed by atoms with Crippen LogP contribution in [0.2, 0.25) is 0 Å². The molecule has 0 aliphatic carbocycles. The molecule has 2 aromatic carbocycles. The Morgan fingerprint density at radius 1 is 1.03 bits per heavy atom. The number of alkyl halides is 3. The Bertz CT molecular complexity index is 1020. The summed E-state index contributed by atoms with van der Waals surface area (Å²) >= 11 is 0. The Labute approximate surface area is 203 Å². The van der Waals surface area contributed by atoms with E-state index in [-0.39, 0.29) is 0 Å². The standard InChI is InChI=1S/C26H30F3N3O3/c1-30-24-7-4-21(18-23(24)26(27,28)29)32-11-8-25(33,9-12-32)10-15-35-22-5-2-20(3-6-22)19-31-13-16-34-17-14-31/h2-7,18,33H,8-17,19H2. The van der Waals surface area contributed by atoms with E-state index in [0.717, 1.165) is 44.7 Å². The summed E-state index contributed by atoms with van der Waals surface area (Å²) < 4.78 is 51.1. The van der Waals surface area contributed by atoms with Crippen molar-refractivity contribution < 1.29 is 27.8 Å². The molecule has 0 aromatic heterocycles. The fourth-order valence-corrected chi connectivity index (χ4v) is 4.54. The third-order valence-electron chi connectivity index (χ3n) is 6.73. The van der Waals surface area contributed by atoms with Gasteiger partial charge in [0.2, 0.25) is 0 Å². The Morgan fingerprint density at radius 2 is 1.71 bits per heavy atom. The smallest absolute Gasteiger partial charge is 0.407 e. The third-order valence-corrected chi connectivity index (χ3v) is 6.73. The molecule has 0 bridgehead atoms. The number of hydrogen-bond acceptors (Lipinski definition) is 5. The van der Waals surface area contributed by atoms with Gasteiger partial charge in [-0.15, -0.1) is 0 Å². The lowest BCUT2D eigenvalue weighted by atomic mass is 9.88. The average molecular weight is 490 g/mol. The highest BCUT2D eigenvalue weighted by Gasteiger charge is 2.36. The molecule has 1 N–H and O–H groups in total. The van der Waals surface area contributed by atoms with Gasteiger partial charge in [-0.1, -0.05) is 18.2 Å². The van der Waals surface area contributed by atoms with E-state index >= 15 is 0 Å². The molecule has 0 spiro atoms.